The predicted octanol–water partition coefficient (Wildman–Crippen LogP) is 2.96. The molecule has 1 aromatic carbocycles. The number of anilines is 1. The number of piperazine rings is 1. The molecule has 0 aromatic heterocycles. The number of carbonyl (C=O) groups is 2. The van der Waals surface area contributed by atoms with E-state index in [9.17, 15) is 9.59 Å². The van der Waals surface area contributed by atoms with E-state index in [1.54, 1.807) is 36.9 Å². The SMILES string of the molecule is CCC1C(=O)NC(C)(C)C(=O)N1c1ccc(Cl)cc1I. The van der Waals surface area contributed by atoms with Crippen LogP contribution in [-0.2, 0) is 9.59 Å². The lowest BCUT2D eigenvalue weighted by Gasteiger charge is -2.42. The lowest BCUT2D eigenvalue weighted by atomic mass is 9.95. The van der Waals surface area contributed by atoms with Gasteiger partial charge in [0.1, 0.15) is 11.6 Å². The van der Waals surface area contributed by atoms with Crippen LogP contribution in [0.25, 0.3) is 0 Å². The third kappa shape index (κ3) is 2.65. The average Bonchev–Trinajstić information content (AvgIpc) is 2.34. The summed E-state index contributed by atoms with van der Waals surface area (Å²) in [5, 5.41) is 3.39. The Morgan fingerprint density at radius 1 is 1.40 bits per heavy atom. The summed E-state index contributed by atoms with van der Waals surface area (Å²) in [5.41, 5.74) is -0.166. The van der Waals surface area contributed by atoms with Gasteiger partial charge in [0.2, 0.25) is 5.91 Å². The molecule has 1 fully saturated rings. The fourth-order valence-electron chi connectivity index (χ4n) is 2.33. The Morgan fingerprint density at radius 2 is 2.05 bits per heavy atom. The molecule has 1 aliphatic heterocycles. The van der Waals surface area contributed by atoms with Crippen LogP contribution in [0.15, 0.2) is 18.2 Å². The zero-order valence-corrected chi connectivity index (χ0v) is 14.4. The number of amides is 2. The van der Waals surface area contributed by atoms with Crippen molar-refractivity contribution in [1.82, 2.24) is 5.32 Å². The maximum atomic E-state index is 12.7. The van der Waals surface area contributed by atoms with Gasteiger partial charge >= 0.3 is 0 Å². The normalized spacial score (nSPS) is 21.9. The van der Waals surface area contributed by atoms with E-state index < -0.39 is 11.6 Å². The van der Waals surface area contributed by atoms with Gasteiger partial charge in [-0.15, -0.1) is 0 Å². The van der Waals surface area contributed by atoms with Crippen molar-refractivity contribution in [3.63, 3.8) is 0 Å². The number of halogens is 2. The Labute approximate surface area is 137 Å². The first-order chi connectivity index (χ1) is 9.27. The molecule has 1 aromatic rings. The van der Waals surface area contributed by atoms with Crippen molar-refractivity contribution in [2.75, 3.05) is 4.90 Å². The van der Waals surface area contributed by atoms with E-state index >= 15 is 0 Å². The zero-order valence-electron chi connectivity index (χ0n) is 11.5. The monoisotopic (exact) mass is 406 g/mol. The summed E-state index contributed by atoms with van der Waals surface area (Å²) in [6, 6.07) is 4.83. The highest BCUT2D eigenvalue weighted by molar-refractivity contribution is 14.1. The molecule has 0 saturated carbocycles. The Kier molecular flexibility index (Phi) is 4.30. The van der Waals surface area contributed by atoms with Gasteiger partial charge in [0.25, 0.3) is 5.91 Å². The molecule has 0 bridgehead atoms. The summed E-state index contributed by atoms with van der Waals surface area (Å²) in [5.74, 6) is -0.230. The highest BCUT2D eigenvalue weighted by Crippen LogP contribution is 2.32. The summed E-state index contributed by atoms with van der Waals surface area (Å²) in [6.45, 7) is 5.33. The van der Waals surface area contributed by atoms with Crippen LogP contribution < -0.4 is 10.2 Å². The Balaban J connectivity index is 2.54. The van der Waals surface area contributed by atoms with E-state index in [4.69, 9.17) is 11.6 Å². The molecule has 1 heterocycles. The van der Waals surface area contributed by atoms with Crippen LogP contribution in [0, 0.1) is 3.57 Å². The van der Waals surface area contributed by atoms with E-state index in [0.29, 0.717) is 11.4 Å². The zero-order chi connectivity index (χ0) is 15.1. The minimum absolute atomic E-state index is 0.107. The molecule has 108 valence electrons. The molecule has 1 unspecified atom stereocenters. The van der Waals surface area contributed by atoms with Crippen molar-refractivity contribution < 1.29 is 9.59 Å². The van der Waals surface area contributed by atoms with E-state index in [0.717, 1.165) is 9.26 Å². The summed E-state index contributed by atoms with van der Waals surface area (Å²) < 4.78 is 0.854. The summed E-state index contributed by atoms with van der Waals surface area (Å²) in [7, 11) is 0. The summed E-state index contributed by atoms with van der Waals surface area (Å²) >= 11 is 8.09. The van der Waals surface area contributed by atoms with Crippen LogP contribution in [0.1, 0.15) is 27.2 Å². The molecule has 1 atom stereocenters. The van der Waals surface area contributed by atoms with E-state index in [2.05, 4.69) is 27.9 Å². The van der Waals surface area contributed by atoms with Crippen molar-refractivity contribution in [2.45, 2.75) is 38.8 Å². The highest BCUT2D eigenvalue weighted by atomic mass is 127. The molecule has 6 heteroatoms. The Bertz CT molecular complexity index is 574. The Morgan fingerprint density at radius 3 is 2.60 bits per heavy atom. The third-order valence-electron chi connectivity index (χ3n) is 3.36. The molecule has 2 amide bonds. The standard InChI is InChI=1S/C14H16ClIN2O2/c1-4-10-12(19)17-14(2,3)13(20)18(10)11-6-5-8(15)7-9(11)16/h5-7,10H,4H2,1-3H3,(H,17,19). The molecule has 2 rings (SSSR count). The fourth-order valence-corrected chi connectivity index (χ4v) is 3.46. The van der Waals surface area contributed by atoms with E-state index in [1.165, 1.54) is 0 Å². The van der Waals surface area contributed by atoms with Crippen LogP contribution in [0.3, 0.4) is 0 Å². The van der Waals surface area contributed by atoms with Gasteiger partial charge in [-0.05, 0) is 61.1 Å². The second kappa shape index (κ2) is 5.52. The van der Waals surface area contributed by atoms with Gasteiger partial charge in [-0.3, -0.25) is 14.5 Å². The molecule has 0 aliphatic carbocycles. The molecule has 4 nitrogen and oxygen atoms in total. The second-order valence-corrected chi connectivity index (χ2v) is 6.91. The van der Waals surface area contributed by atoms with Crippen LogP contribution in [0.2, 0.25) is 5.02 Å². The van der Waals surface area contributed by atoms with Gasteiger partial charge < -0.3 is 5.32 Å². The first-order valence-corrected chi connectivity index (χ1v) is 7.84. The predicted molar refractivity (Wildman–Crippen MR) is 88.0 cm³/mol. The molecule has 1 aliphatic rings. The highest BCUT2D eigenvalue weighted by Gasteiger charge is 2.45. The number of carbonyl (C=O) groups excluding carboxylic acids is 2. The first kappa shape index (κ1) is 15.6. The van der Waals surface area contributed by atoms with Crippen molar-refractivity contribution in [2.24, 2.45) is 0 Å². The van der Waals surface area contributed by atoms with Crippen LogP contribution >= 0.6 is 34.2 Å². The number of nitrogens with zero attached hydrogens (tertiary/aromatic N) is 1. The molecule has 1 saturated heterocycles. The van der Waals surface area contributed by atoms with Gasteiger partial charge in [-0.25, -0.2) is 0 Å². The van der Waals surface area contributed by atoms with Crippen molar-refractivity contribution in [3.05, 3.63) is 26.8 Å². The van der Waals surface area contributed by atoms with Gasteiger partial charge in [0, 0.05) is 8.59 Å². The van der Waals surface area contributed by atoms with Gasteiger partial charge in [-0.1, -0.05) is 18.5 Å². The molecular formula is C14H16ClIN2O2. The molecule has 1 N–H and O–H groups in total. The maximum Gasteiger partial charge on any atom is 0.252 e. The van der Waals surface area contributed by atoms with Crippen molar-refractivity contribution in [1.29, 1.82) is 0 Å². The topological polar surface area (TPSA) is 49.4 Å². The summed E-state index contributed by atoms with van der Waals surface area (Å²) in [4.78, 5) is 26.5. The van der Waals surface area contributed by atoms with Gasteiger partial charge in [0.15, 0.2) is 0 Å². The number of hydrogen-bond donors (Lipinski definition) is 1. The lowest BCUT2D eigenvalue weighted by Crippen LogP contribution is -2.68. The molecule has 0 radical (unpaired) electrons. The number of hydrogen-bond acceptors (Lipinski definition) is 2. The number of benzene rings is 1. The Hall–Kier alpha value is -0.820. The summed E-state index contributed by atoms with van der Waals surface area (Å²) in [6.07, 6.45) is 0.562. The van der Waals surface area contributed by atoms with Crippen molar-refractivity contribution >= 4 is 51.7 Å². The minimum Gasteiger partial charge on any atom is -0.340 e. The van der Waals surface area contributed by atoms with E-state index in [1.807, 2.05) is 6.92 Å². The second-order valence-electron chi connectivity index (χ2n) is 5.31. The lowest BCUT2D eigenvalue weighted by molar-refractivity contribution is -0.137. The van der Waals surface area contributed by atoms with Gasteiger partial charge in [0.05, 0.1) is 5.69 Å². The molecular weight excluding hydrogens is 391 g/mol. The fraction of sp³-hybridized carbons (Fsp3) is 0.429. The van der Waals surface area contributed by atoms with Crippen LogP contribution in [0.4, 0.5) is 5.69 Å². The molecule has 0 spiro atoms. The third-order valence-corrected chi connectivity index (χ3v) is 4.46. The number of rotatable bonds is 2. The van der Waals surface area contributed by atoms with Crippen LogP contribution in [0.5, 0.6) is 0 Å². The largest absolute Gasteiger partial charge is 0.340 e. The first-order valence-electron chi connectivity index (χ1n) is 6.38. The maximum absolute atomic E-state index is 12.7. The van der Waals surface area contributed by atoms with Crippen LogP contribution in [-0.4, -0.2) is 23.4 Å². The average molecular weight is 407 g/mol. The van der Waals surface area contributed by atoms with Gasteiger partial charge in [-0.2, -0.15) is 0 Å². The smallest absolute Gasteiger partial charge is 0.252 e. The van der Waals surface area contributed by atoms with E-state index in [-0.39, 0.29) is 11.8 Å². The molecule has 20 heavy (non-hydrogen) atoms. The van der Waals surface area contributed by atoms with Crippen molar-refractivity contribution in [3.8, 4) is 0 Å². The quantitative estimate of drug-likeness (QED) is 0.768. The minimum atomic E-state index is -0.897. The number of nitrogens with one attached hydrogen (secondary N) is 1.